The molecule has 5 aromatic heterocycles. The van der Waals surface area contributed by atoms with Crippen LogP contribution in [0.1, 0.15) is 35.8 Å². The highest BCUT2D eigenvalue weighted by molar-refractivity contribution is 5.74. The molecule has 0 amide bonds. The van der Waals surface area contributed by atoms with Crippen molar-refractivity contribution in [2.75, 3.05) is 23.3 Å². The molecule has 12 nitrogen and oxygen atoms in total. The summed E-state index contributed by atoms with van der Waals surface area (Å²) in [6.45, 7) is 3.10. The molecule has 0 aliphatic carbocycles. The van der Waals surface area contributed by atoms with Crippen LogP contribution in [0.25, 0.3) is 11.3 Å². The van der Waals surface area contributed by atoms with E-state index in [4.69, 9.17) is 4.98 Å². The van der Waals surface area contributed by atoms with Gasteiger partial charge in [0, 0.05) is 43.8 Å². The van der Waals surface area contributed by atoms with Crippen LogP contribution in [0.3, 0.4) is 0 Å². The van der Waals surface area contributed by atoms with Crippen LogP contribution in [0.4, 0.5) is 30.6 Å². The maximum atomic E-state index is 12.8. The normalized spacial score (nSPS) is 14.8. The van der Waals surface area contributed by atoms with Crippen molar-refractivity contribution in [1.82, 2.24) is 49.5 Å². The molecule has 0 saturated carbocycles. The fraction of sp³-hybridized carbons (Fsp3) is 0.304. The second-order valence-electron chi connectivity index (χ2n) is 8.86. The summed E-state index contributed by atoms with van der Waals surface area (Å²) in [5, 5.41) is 14.5. The lowest BCUT2D eigenvalue weighted by Gasteiger charge is -2.31. The average Bonchev–Trinajstić information content (AvgIpc) is 3.61. The molecule has 6 rings (SSSR count). The van der Waals surface area contributed by atoms with Crippen molar-refractivity contribution in [2.45, 2.75) is 31.9 Å². The summed E-state index contributed by atoms with van der Waals surface area (Å²) < 4.78 is 41.9. The highest BCUT2D eigenvalue weighted by atomic mass is 19.4. The number of hydrogen-bond donors (Lipinski definition) is 1. The standard InChI is InChI=1S/C23H21F3N12/c1-14-17(2-3-19(32-14)38-13-31-34-35-38)33-20-18-12-28-21(37(18)9-6-27-20)15-4-7-36(8-5-15)22-29-10-16(11-30-22)23(24,25)26/h2-3,6,9-13,15H,4-5,7-8H2,1H3,(H,27,33). The van der Waals surface area contributed by atoms with Gasteiger partial charge >= 0.3 is 6.18 Å². The lowest BCUT2D eigenvalue weighted by atomic mass is 9.96. The van der Waals surface area contributed by atoms with Gasteiger partial charge in [0.05, 0.1) is 23.1 Å². The van der Waals surface area contributed by atoms with Crippen LogP contribution in [-0.4, -0.2) is 62.6 Å². The first kappa shape index (κ1) is 23.7. The molecule has 1 aliphatic heterocycles. The number of halogens is 3. The van der Waals surface area contributed by atoms with Gasteiger partial charge in [-0.3, -0.25) is 4.40 Å². The first-order valence-electron chi connectivity index (χ1n) is 11.8. The smallest absolute Gasteiger partial charge is 0.341 e. The number of aromatic nitrogens is 10. The number of nitrogens with one attached hydrogen (secondary N) is 1. The minimum Gasteiger partial charge on any atom is -0.341 e. The fourth-order valence-corrected chi connectivity index (χ4v) is 4.52. The van der Waals surface area contributed by atoms with Gasteiger partial charge in [0.25, 0.3) is 0 Å². The number of nitrogens with zero attached hydrogens (tertiary/aromatic N) is 11. The molecule has 5 aromatic rings. The molecule has 1 saturated heterocycles. The number of rotatable bonds is 5. The van der Waals surface area contributed by atoms with E-state index in [1.807, 2.05) is 34.6 Å². The molecule has 0 atom stereocenters. The Balaban J connectivity index is 1.17. The molecule has 0 radical (unpaired) electrons. The Morgan fingerprint density at radius 1 is 1.00 bits per heavy atom. The van der Waals surface area contributed by atoms with Crippen LogP contribution in [0.5, 0.6) is 0 Å². The van der Waals surface area contributed by atoms with Gasteiger partial charge in [0.2, 0.25) is 5.95 Å². The predicted molar refractivity (Wildman–Crippen MR) is 129 cm³/mol. The van der Waals surface area contributed by atoms with Crippen LogP contribution >= 0.6 is 0 Å². The average molecular weight is 522 g/mol. The topological polar surface area (TPSA) is 128 Å². The summed E-state index contributed by atoms with van der Waals surface area (Å²) >= 11 is 0. The van der Waals surface area contributed by atoms with Crippen LogP contribution in [-0.2, 0) is 6.18 Å². The second-order valence-corrected chi connectivity index (χ2v) is 8.86. The fourth-order valence-electron chi connectivity index (χ4n) is 4.52. The Morgan fingerprint density at radius 2 is 1.79 bits per heavy atom. The van der Waals surface area contributed by atoms with Gasteiger partial charge < -0.3 is 10.2 Å². The Bertz CT molecular complexity index is 1560. The number of aryl methyl sites for hydroxylation is 1. The number of anilines is 3. The van der Waals surface area contributed by atoms with Gasteiger partial charge in [-0.25, -0.2) is 24.9 Å². The third-order valence-corrected chi connectivity index (χ3v) is 6.50. The first-order valence-corrected chi connectivity index (χ1v) is 11.8. The first-order chi connectivity index (χ1) is 18.4. The number of piperidine rings is 1. The van der Waals surface area contributed by atoms with Crippen LogP contribution in [0, 0.1) is 6.92 Å². The van der Waals surface area contributed by atoms with E-state index in [9.17, 15) is 13.2 Å². The molecule has 194 valence electrons. The van der Waals surface area contributed by atoms with E-state index >= 15 is 0 Å². The Morgan fingerprint density at radius 3 is 2.47 bits per heavy atom. The number of hydrogen-bond acceptors (Lipinski definition) is 10. The van der Waals surface area contributed by atoms with E-state index in [0.717, 1.165) is 48.0 Å². The van der Waals surface area contributed by atoms with E-state index in [2.05, 4.69) is 40.8 Å². The molecule has 1 fully saturated rings. The molecular formula is C23H21F3N12. The van der Waals surface area contributed by atoms with Gasteiger partial charge in [-0.15, -0.1) is 5.10 Å². The summed E-state index contributed by atoms with van der Waals surface area (Å²) in [6, 6.07) is 3.70. The highest BCUT2D eigenvalue weighted by Crippen LogP contribution is 2.32. The molecule has 1 aliphatic rings. The Labute approximate surface area is 213 Å². The third kappa shape index (κ3) is 4.46. The van der Waals surface area contributed by atoms with Crippen molar-refractivity contribution >= 4 is 23.0 Å². The van der Waals surface area contributed by atoms with Gasteiger partial charge in [-0.2, -0.15) is 17.9 Å². The third-order valence-electron chi connectivity index (χ3n) is 6.50. The maximum Gasteiger partial charge on any atom is 0.419 e. The lowest BCUT2D eigenvalue weighted by molar-refractivity contribution is -0.138. The molecule has 0 spiro atoms. The summed E-state index contributed by atoms with van der Waals surface area (Å²) in [7, 11) is 0. The molecule has 0 bridgehead atoms. The van der Waals surface area contributed by atoms with Crippen molar-refractivity contribution < 1.29 is 13.2 Å². The number of fused-ring (bicyclic) bond motifs is 1. The van der Waals surface area contributed by atoms with E-state index in [-0.39, 0.29) is 5.92 Å². The van der Waals surface area contributed by atoms with E-state index < -0.39 is 11.7 Å². The Kier molecular flexibility index (Phi) is 5.81. The van der Waals surface area contributed by atoms with Gasteiger partial charge in [0.15, 0.2) is 11.6 Å². The summed E-state index contributed by atoms with van der Waals surface area (Å²) in [4.78, 5) is 23.5. The number of imidazole rings is 1. The second kappa shape index (κ2) is 9.32. The molecule has 0 unspecified atom stereocenters. The van der Waals surface area contributed by atoms with Crippen molar-refractivity contribution in [3.8, 4) is 5.82 Å². The van der Waals surface area contributed by atoms with Gasteiger partial charge in [0.1, 0.15) is 17.7 Å². The zero-order valence-corrected chi connectivity index (χ0v) is 20.1. The zero-order chi connectivity index (χ0) is 26.3. The lowest BCUT2D eigenvalue weighted by Crippen LogP contribution is -2.34. The SMILES string of the molecule is Cc1nc(-n2cnnn2)ccc1Nc1nccn2c(C3CCN(c4ncc(C(F)(F)F)cn4)CC3)ncc12. The predicted octanol–water partition coefficient (Wildman–Crippen LogP) is 3.34. The Hall–Kier alpha value is -4.69. The molecule has 1 N–H and O–H groups in total. The molecule has 6 heterocycles. The van der Waals surface area contributed by atoms with Crippen molar-refractivity contribution in [3.05, 3.63) is 66.5 Å². The maximum absolute atomic E-state index is 12.8. The van der Waals surface area contributed by atoms with Crippen LogP contribution in [0.15, 0.2) is 49.4 Å². The zero-order valence-electron chi connectivity index (χ0n) is 20.1. The monoisotopic (exact) mass is 522 g/mol. The molecule has 38 heavy (non-hydrogen) atoms. The molecule has 15 heteroatoms. The summed E-state index contributed by atoms with van der Waals surface area (Å²) in [5.74, 6) is 2.61. The minimum atomic E-state index is -4.45. The summed E-state index contributed by atoms with van der Waals surface area (Å²) in [5.41, 5.74) is 1.50. The van der Waals surface area contributed by atoms with Crippen molar-refractivity contribution in [3.63, 3.8) is 0 Å². The van der Waals surface area contributed by atoms with E-state index in [1.165, 1.54) is 11.0 Å². The highest BCUT2D eigenvalue weighted by Gasteiger charge is 2.32. The number of pyridine rings is 1. The largest absolute Gasteiger partial charge is 0.419 e. The summed E-state index contributed by atoms with van der Waals surface area (Å²) in [6.07, 6.45) is 5.57. The minimum absolute atomic E-state index is 0.164. The molecular weight excluding hydrogens is 501 g/mol. The van der Waals surface area contributed by atoms with Crippen molar-refractivity contribution in [1.29, 1.82) is 0 Å². The molecule has 0 aromatic carbocycles. The van der Waals surface area contributed by atoms with Gasteiger partial charge in [-0.1, -0.05) is 0 Å². The van der Waals surface area contributed by atoms with Crippen LogP contribution < -0.4 is 10.2 Å². The van der Waals surface area contributed by atoms with Crippen molar-refractivity contribution in [2.24, 2.45) is 0 Å². The van der Waals surface area contributed by atoms with E-state index in [1.54, 1.807) is 12.4 Å². The number of alkyl halides is 3. The van der Waals surface area contributed by atoms with Crippen LogP contribution in [0.2, 0.25) is 0 Å². The quantitative estimate of drug-likeness (QED) is 0.367. The van der Waals surface area contributed by atoms with E-state index in [0.29, 0.717) is 30.7 Å². The van der Waals surface area contributed by atoms with Gasteiger partial charge in [-0.05, 0) is 42.3 Å². The number of tetrazole rings is 1.